The summed E-state index contributed by atoms with van der Waals surface area (Å²) in [6.45, 7) is -0.772. The van der Waals surface area contributed by atoms with Crippen molar-refractivity contribution in [1.29, 1.82) is 0 Å². The minimum absolute atomic E-state index is 0.220. The number of carbonyl (C=O) groups is 3. The van der Waals surface area contributed by atoms with Gasteiger partial charge in [-0.05, 0) is 42.5 Å². The maximum atomic E-state index is 12.9. The number of amides is 3. The van der Waals surface area contributed by atoms with Crippen LogP contribution in [0, 0.1) is 0 Å². The van der Waals surface area contributed by atoms with E-state index in [1.807, 2.05) is 18.2 Å². The monoisotopic (exact) mass is 528 g/mol. The largest absolute Gasteiger partial charge is 0.484 e. The number of hydrogen-bond acceptors (Lipinski definition) is 5. The average molecular weight is 529 g/mol. The zero-order chi connectivity index (χ0) is 26.2. The van der Waals surface area contributed by atoms with Crippen LogP contribution in [0.3, 0.4) is 0 Å². The molecule has 0 saturated heterocycles. The normalized spacial score (nSPS) is 10.5. The van der Waals surface area contributed by atoms with Crippen LogP contribution < -0.4 is 25.2 Å². The lowest BCUT2D eigenvalue weighted by atomic mass is 10.2. The van der Waals surface area contributed by atoms with Gasteiger partial charge in [-0.15, -0.1) is 0 Å². The number of para-hydroxylation sites is 1. The number of rotatable bonds is 9. The van der Waals surface area contributed by atoms with Gasteiger partial charge in [0.25, 0.3) is 5.91 Å². The molecule has 0 spiro atoms. The van der Waals surface area contributed by atoms with Crippen LogP contribution in [0.4, 0.5) is 17.1 Å². The van der Waals surface area contributed by atoms with Crippen molar-refractivity contribution in [2.45, 2.75) is 0 Å². The number of ether oxygens (including phenoxy) is 1. The second-order valence-electron chi connectivity index (χ2n) is 7.84. The van der Waals surface area contributed by atoms with Crippen LogP contribution in [0.15, 0.2) is 72.8 Å². The Bertz CT molecular complexity index is 1220. The Morgan fingerprint density at radius 1 is 0.750 bits per heavy atom. The third-order valence-electron chi connectivity index (χ3n) is 5.39. The summed E-state index contributed by atoms with van der Waals surface area (Å²) in [6.07, 6.45) is 0. The molecule has 0 aliphatic rings. The van der Waals surface area contributed by atoms with E-state index in [9.17, 15) is 14.4 Å². The number of nitrogens with two attached hydrogens (primary N) is 1. The molecule has 0 saturated carbocycles. The third-order valence-corrected chi connectivity index (χ3v) is 5.82. The van der Waals surface area contributed by atoms with Gasteiger partial charge in [0.2, 0.25) is 11.8 Å². The van der Waals surface area contributed by atoms with E-state index in [-0.39, 0.29) is 31.5 Å². The first kappa shape index (κ1) is 27.0. The summed E-state index contributed by atoms with van der Waals surface area (Å²) in [5.74, 6) is -0.729. The van der Waals surface area contributed by atoms with E-state index < -0.39 is 5.91 Å². The Hall–Kier alpha value is -3.59. The molecule has 0 radical (unpaired) electrons. The third kappa shape index (κ3) is 6.97. The molecule has 10 heteroatoms. The maximum absolute atomic E-state index is 12.9. The molecule has 3 aromatic carbocycles. The molecule has 2 N–H and O–H groups in total. The molecule has 188 valence electrons. The highest BCUT2D eigenvalue weighted by Crippen LogP contribution is 2.26. The van der Waals surface area contributed by atoms with E-state index in [1.54, 1.807) is 68.7 Å². The topological polar surface area (TPSA) is 96.2 Å². The summed E-state index contributed by atoms with van der Waals surface area (Å²) in [5.41, 5.74) is 7.24. The van der Waals surface area contributed by atoms with Gasteiger partial charge in [-0.1, -0.05) is 47.5 Å². The van der Waals surface area contributed by atoms with E-state index >= 15 is 0 Å². The number of benzene rings is 3. The van der Waals surface area contributed by atoms with Crippen molar-refractivity contribution in [3.05, 3.63) is 82.8 Å². The van der Waals surface area contributed by atoms with Crippen molar-refractivity contribution in [3.63, 3.8) is 0 Å². The van der Waals surface area contributed by atoms with Crippen LogP contribution in [0.1, 0.15) is 0 Å². The fraction of sp³-hybridized carbons (Fsp3) is 0.192. The van der Waals surface area contributed by atoms with Crippen LogP contribution in [-0.4, -0.2) is 51.5 Å². The number of nitrogens with zero attached hydrogens (tertiary/aromatic N) is 3. The van der Waals surface area contributed by atoms with Gasteiger partial charge in [0.15, 0.2) is 6.61 Å². The lowest BCUT2D eigenvalue weighted by molar-refractivity contribution is -0.121. The van der Waals surface area contributed by atoms with Gasteiger partial charge in [0, 0.05) is 47.3 Å². The molecule has 0 bridgehead atoms. The first-order chi connectivity index (χ1) is 17.2. The minimum atomic E-state index is -0.435. The molecule has 36 heavy (non-hydrogen) atoms. The highest BCUT2D eigenvalue weighted by atomic mass is 35.5. The van der Waals surface area contributed by atoms with Crippen LogP contribution in [0.5, 0.6) is 5.75 Å². The molecule has 0 aromatic heterocycles. The van der Waals surface area contributed by atoms with Gasteiger partial charge in [-0.3, -0.25) is 14.4 Å². The quantitative estimate of drug-likeness (QED) is 0.452. The van der Waals surface area contributed by atoms with Crippen LogP contribution >= 0.6 is 23.2 Å². The van der Waals surface area contributed by atoms with Gasteiger partial charge in [0.05, 0.1) is 6.54 Å². The molecule has 8 nitrogen and oxygen atoms in total. The van der Waals surface area contributed by atoms with Crippen molar-refractivity contribution in [1.82, 2.24) is 0 Å². The summed E-state index contributed by atoms with van der Waals surface area (Å²) >= 11 is 12.0. The smallest absolute Gasteiger partial charge is 0.264 e. The van der Waals surface area contributed by atoms with Crippen molar-refractivity contribution < 1.29 is 19.1 Å². The Kier molecular flexibility index (Phi) is 9.30. The first-order valence-corrected chi connectivity index (χ1v) is 11.7. The lowest BCUT2D eigenvalue weighted by Crippen LogP contribution is -2.44. The summed E-state index contributed by atoms with van der Waals surface area (Å²) in [4.78, 5) is 42.3. The van der Waals surface area contributed by atoms with E-state index in [2.05, 4.69) is 0 Å². The van der Waals surface area contributed by atoms with Crippen molar-refractivity contribution >= 4 is 58.0 Å². The molecule has 0 atom stereocenters. The Morgan fingerprint density at radius 2 is 1.36 bits per heavy atom. The Balaban J connectivity index is 1.71. The zero-order valence-electron chi connectivity index (χ0n) is 19.9. The summed E-state index contributed by atoms with van der Waals surface area (Å²) in [7, 11) is 3.22. The van der Waals surface area contributed by atoms with Crippen molar-refractivity contribution in [2.24, 2.45) is 5.73 Å². The second kappa shape index (κ2) is 12.4. The minimum Gasteiger partial charge on any atom is -0.484 e. The second-order valence-corrected chi connectivity index (χ2v) is 8.71. The van der Waals surface area contributed by atoms with Gasteiger partial charge < -0.3 is 25.2 Å². The highest BCUT2D eigenvalue weighted by molar-refractivity contribution is 6.35. The molecule has 3 amide bonds. The summed E-state index contributed by atoms with van der Waals surface area (Å²) in [5, 5.41) is 0.811. The van der Waals surface area contributed by atoms with E-state index in [0.717, 1.165) is 0 Å². The summed E-state index contributed by atoms with van der Waals surface area (Å²) in [6, 6.07) is 20.5. The SMILES string of the molecule is CN(C(=O)COc1cccc(N(CC(=O)N(C)c2ccccc2)C(=O)CN)c1)c1cc(Cl)cc(Cl)c1. The van der Waals surface area contributed by atoms with Crippen LogP contribution in [0.2, 0.25) is 10.0 Å². The molecule has 0 fully saturated rings. The van der Waals surface area contributed by atoms with Gasteiger partial charge in [-0.2, -0.15) is 0 Å². The van der Waals surface area contributed by atoms with Crippen molar-refractivity contribution in [3.8, 4) is 5.75 Å². The predicted molar refractivity (Wildman–Crippen MR) is 143 cm³/mol. The van der Waals surface area contributed by atoms with E-state index in [4.69, 9.17) is 33.7 Å². The molecular formula is C26H26Cl2N4O4. The molecule has 0 heterocycles. The molecule has 3 rings (SSSR count). The summed E-state index contributed by atoms with van der Waals surface area (Å²) < 4.78 is 5.68. The Morgan fingerprint density at radius 3 is 2.00 bits per heavy atom. The zero-order valence-corrected chi connectivity index (χ0v) is 21.4. The number of hydrogen-bond donors (Lipinski definition) is 1. The van der Waals surface area contributed by atoms with Gasteiger partial charge >= 0.3 is 0 Å². The highest BCUT2D eigenvalue weighted by Gasteiger charge is 2.22. The molecular weight excluding hydrogens is 503 g/mol. The van der Waals surface area contributed by atoms with Gasteiger partial charge in [0.1, 0.15) is 12.3 Å². The number of halogens is 2. The molecule has 3 aromatic rings. The number of anilines is 3. The predicted octanol–water partition coefficient (Wildman–Crippen LogP) is 3.99. The average Bonchev–Trinajstić information content (AvgIpc) is 2.89. The maximum Gasteiger partial charge on any atom is 0.264 e. The lowest BCUT2D eigenvalue weighted by Gasteiger charge is -2.25. The van der Waals surface area contributed by atoms with Crippen LogP contribution in [0.25, 0.3) is 0 Å². The van der Waals surface area contributed by atoms with Crippen LogP contribution in [-0.2, 0) is 14.4 Å². The number of likely N-dealkylation sites (N-methyl/N-ethyl adjacent to an activating group) is 2. The van der Waals surface area contributed by atoms with Crippen molar-refractivity contribution in [2.75, 3.05) is 48.5 Å². The number of carbonyl (C=O) groups excluding carboxylic acids is 3. The fourth-order valence-corrected chi connectivity index (χ4v) is 3.85. The van der Waals surface area contributed by atoms with Gasteiger partial charge in [-0.25, -0.2) is 0 Å². The van der Waals surface area contributed by atoms with E-state index in [1.165, 1.54) is 14.7 Å². The fourth-order valence-electron chi connectivity index (χ4n) is 3.33. The standard InChI is InChI=1S/C26H26Cl2N4O4/c1-30(20-7-4-3-5-8-20)25(34)16-32(24(33)15-29)21-9-6-10-23(14-21)36-17-26(35)31(2)22-12-18(27)11-19(28)13-22/h3-14H,15-17,29H2,1-2H3. The van der Waals surface area contributed by atoms with E-state index in [0.29, 0.717) is 32.9 Å². The molecule has 0 aliphatic carbocycles. The first-order valence-electron chi connectivity index (χ1n) is 11.0. The molecule has 0 aliphatic heterocycles. The molecule has 0 unspecified atom stereocenters. The Labute approximate surface area is 219 Å².